The molecule has 1 atom stereocenters. The monoisotopic (exact) mass is 273 g/mol. The molecule has 0 saturated carbocycles. The number of nitrogens with zero attached hydrogens (tertiary/aromatic N) is 1. The lowest BCUT2D eigenvalue weighted by Gasteiger charge is -2.26. The van der Waals surface area contributed by atoms with Crippen LogP contribution in [0.5, 0.6) is 0 Å². The van der Waals surface area contributed by atoms with Crippen LogP contribution in [0.25, 0.3) is 0 Å². The third-order valence-corrected chi connectivity index (χ3v) is 3.03. The molecule has 1 rings (SSSR count). The SMILES string of the molecule is CCC(C(=O)c1ccccc1)N(C)CCC(F)(F)F. The number of rotatable bonds is 6. The zero-order chi connectivity index (χ0) is 14.5. The summed E-state index contributed by atoms with van der Waals surface area (Å²) in [7, 11) is 1.56. The number of carbonyl (C=O) groups excluding carboxylic acids is 1. The van der Waals surface area contributed by atoms with Crippen molar-refractivity contribution in [2.75, 3.05) is 13.6 Å². The van der Waals surface area contributed by atoms with Crippen molar-refractivity contribution in [2.24, 2.45) is 0 Å². The van der Waals surface area contributed by atoms with Crippen LogP contribution in [0.3, 0.4) is 0 Å². The van der Waals surface area contributed by atoms with Crippen LogP contribution in [-0.2, 0) is 0 Å². The van der Waals surface area contributed by atoms with Gasteiger partial charge in [0.25, 0.3) is 0 Å². The Bertz CT molecular complexity index is 403. The minimum atomic E-state index is -4.19. The van der Waals surface area contributed by atoms with Crippen molar-refractivity contribution in [2.45, 2.75) is 32.0 Å². The van der Waals surface area contributed by atoms with Crippen molar-refractivity contribution in [1.82, 2.24) is 4.90 Å². The summed E-state index contributed by atoms with van der Waals surface area (Å²) in [5.74, 6) is -0.132. The number of hydrogen-bond donors (Lipinski definition) is 0. The van der Waals surface area contributed by atoms with E-state index >= 15 is 0 Å². The summed E-state index contributed by atoms with van der Waals surface area (Å²) < 4.78 is 36.6. The molecule has 0 aliphatic rings. The largest absolute Gasteiger partial charge is 0.390 e. The molecule has 5 heteroatoms. The molecule has 0 saturated heterocycles. The summed E-state index contributed by atoms with van der Waals surface area (Å²) in [6, 6.07) is 8.14. The molecule has 0 fully saturated rings. The third kappa shape index (κ3) is 5.03. The zero-order valence-corrected chi connectivity index (χ0v) is 11.1. The van der Waals surface area contributed by atoms with E-state index in [1.165, 1.54) is 4.90 Å². The molecule has 1 unspecified atom stereocenters. The van der Waals surface area contributed by atoms with Crippen molar-refractivity contribution in [3.63, 3.8) is 0 Å². The van der Waals surface area contributed by atoms with Gasteiger partial charge in [0.2, 0.25) is 0 Å². The molecule has 0 bridgehead atoms. The van der Waals surface area contributed by atoms with Crippen molar-refractivity contribution in [1.29, 1.82) is 0 Å². The smallest absolute Gasteiger partial charge is 0.296 e. The fourth-order valence-electron chi connectivity index (χ4n) is 1.95. The number of carbonyl (C=O) groups is 1. The first kappa shape index (κ1) is 15.7. The van der Waals surface area contributed by atoms with Gasteiger partial charge in [0.15, 0.2) is 5.78 Å². The highest BCUT2D eigenvalue weighted by atomic mass is 19.4. The van der Waals surface area contributed by atoms with E-state index in [1.54, 1.807) is 44.3 Å². The van der Waals surface area contributed by atoms with Gasteiger partial charge in [0, 0.05) is 12.1 Å². The molecular formula is C14H18F3NO. The van der Waals surface area contributed by atoms with Crippen molar-refractivity contribution in [3.05, 3.63) is 35.9 Å². The van der Waals surface area contributed by atoms with Crippen molar-refractivity contribution in [3.8, 4) is 0 Å². The van der Waals surface area contributed by atoms with Crippen LogP contribution < -0.4 is 0 Å². The summed E-state index contributed by atoms with van der Waals surface area (Å²) >= 11 is 0. The van der Waals surface area contributed by atoms with Gasteiger partial charge in [-0.3, -0.25) is 9.69 Å². The Hall–Kier alpha value is -1.36. The second-order valence-electron chi connectivity index (χ2n) is 4.50. The Balaban J connectivity index is 2.69. The Morgan fingerprint density at radius 1 is 1.26 bits per heavy atom. The van der Waals surface area contributed by atoms with Crippen LogP contribution in [-0.4, -0.2) is 36.5 Å². The molecule has 0 amide bonds. The highest BCUT2D eigenvalue weighted by Gasteiger charge is 2.30. The van der Waals surface area contributed by atoms with Gasteiger partial charge in [-0.05, 0) is 13.5 Å². The van der Waals surface area contributed by atoms with E-state index in [4.69, 9.17) is 0 Å². The van der Waals surface area contributed by atoms with Gasteiger partial charge in [-0.15, -0.1) is 0 Å². The Kier molecular flexibility index (Phi) is 5.54. The number of ketones is 1. The molecule has 2 nitrogen and oxygen atoms in total. The van der Waals surface area contributed by atoms with Crippen LogP contribution >= 0.6 is 0 Å². The molecule has 0 heterocycles. The lowest BCUT2D eigenvalue weighted by molar-refractivity contribution is -0.138. The van der Waals surface area contributed by atoms with E-state index < -0.39 is 18.6 Å². The first-order valence-corrected chi connectivity index (χ1v) is 6.21. The molecule has 106 valence electrons. The quantitative estimate of drug-likeness (QED) is 0.739. The van der Waals surface area contributed by atoms with Gasteiger partial charge in [-0.1, -0.05) is 37.3 Å². The van der Waals surface area contributed by atoms with Crippen molar-refractivity contribution < 1.29 is 18.0 Å². The molecule has 0 aliphatic carbocycles. The number of alkyl halides is 3. The summed E-state index contributed by atoms with van der Waals surface area (Å²) in [4.78, 5) is 13.7. The fraction of sp³-hybridized carbons (Fsp3) is 0.500. The first-order valence-electron chi connectivity index (χ1n) is 6.21. The third-order valence-electron chi connectivity index (χ3n) is 3.03. The summed E-state index contributed by atoms with van der Waals surface area (Å²) in [6.07, 6.45) is -4.60. The first-order chi connectivity index (χ1) is 8.85. The molecule has 19 heavy (non-hydrogen) atoms. The maximum absolute atomic E-state index is 12.2. The lowest BCUT2D eigenvalue weighted by atomic mass is 10.0. The molecule has 0 radical (unpaired) electrons. The molecule has 1 aromatic carbocycles. The lowest BCUT2D eigenvalue weighted by Crippen LogP contribution is -2.39. The van der Waals surface area contributed by atoms with Gasteiger partial charge >= 0.3 is 6.18 Å². The van der Waals surface area contributed by atoms with Crippen LogP contribution in [0.2, 0.25) is 0 Å². The van der Waals surface area contributed by atoms with Crippen molar-refractivity contribution >= 4 is 5.78 Å². The normalized spacial score (nSPS) is 13.6. The van der Waals surface area contributed by atoms with Crippen LogP contribution in [0.1, 0.15) is 30.1 Å². The number of halogens is 3. The molecule has 0 aromatic heterocycles. The molecule has 0 aliphatic heterocycles. The highest BCUT2D eigenvalue weighted by molar-refractivity contribution is 6.00. The van der Waals surface area contributed by atoms with Gasteiger partial charge in [-0.2, -0.15) is 13.2 Å². The minimum Gasteiger partial charge on any atom is -0.296 e. The standard InChI is InChI=1S/C14H18F3NO/c1-3-12(18(2)10-9-14(15,16)17)13(19)11-7-5-4-6-8-11/h4-8,12H,3,9-10H2,1-2H3. The zero-order valence-electron chi connectivity index (χ0n) is 11.1. The van der Waals surface area contributed by atoms with Crippen LogP contribution in [0.4, 0.5) is 13.2 Å². The van der Waals surface area contributed by atoms with E-state index in [0.717, 1.165) is 0 Å². The molecule has 0 N–H and O–H groups in total. The van der Waals surface area contributed by atoms with E-state index in [9.17, 15) is 18.0 Å². The molecular weight excluding hydrogens is 255 g/mol. The maximum atomic E-state index is 12.2. The number of likely N-dealkylation sites (N-methyl/N-ethyl adjacent to an activating group) is 1. The summed E-state index contributed by atoms with van der Waals surface area (Å²) in [5.41, 5.74) is 0.535. The van der Waals surface area contributed by atoms with E-state index in [0.29, 0.717) is 12.0 Å². The predicted octanol–water partition coefficient (Wildman–Crippen LogP) is 3.53. The number of Topliss-reactive ketones (excluding diaryl/α,β-unsaturated/α-hetero) is 1. The van der Waals surface area contributed by atoms with Gasteiger partial charge in [-0.25, -0.2) is 0 Å². The number of hydrogen-bond acceptors (Lipinski definition) is 2. The number of benzene rings is 1. The molecule has 0 spiro atoms. The fourth-order valence-corrected chi connectivity index (χ4v) is 1.95. The van der Waals surface area contributed by atoms with Gasteiger partial charge in [0.05, 0.1) is 12.5 Å². The Morgan fingerprint density at radius 3 is 2.32 bits per heavy atom. The Morgan fingerprint density at radius 2 is 1.84 bits per heavy atom. The van der Waals surface area contributed by atoms with Gasteiger partial charge in [0.1, 0.15) is 0 Å². The average molecular weight is 273 g/mol. The van der Waals surface area contributed by atoms with Crippen LogP contribution in [0.15, 0.2) is 30.3 Å². The summed E-state index contributed by atoms with van der Waals surface area (Å²) in [5, 5.41) is 0. The summed E-state index contributed by atoms with van der Waals surface area (Å²) in [6.45, 7) is 1.64. The Labute approximate surface area is 111 Å². The van der Waals surface area contributed by atoms with E-state index in [1.807, 2.05) is 0 Å². The average Bonchev–Trinajstić information content (AvgIpc) is 2.37. The van der Waals surface area contributed by atoms with E-state index in [2.05, 4.69) is 0 Å². The highest BCUT2D eigenvalue weighted by Crippen LogP contribution is 2.21. The minimum absolute atomic E-state index is 0.132. The van der Waals surface area contributed by atoms with Crippen LogP contribution in [0, 0.1) is 0 Å². The second-order valence-corrected chi connectivity index (χ2v) is 4.50. The topological polar surface area (TPSA) is 20.3 Å². The molecule has 1 aromatic rings. The van der Waals surface area contributed by atoms with Gasteiger partial charge < -0.3 is 0 Å². The second kappa shape index (κ2) is 6.70. The maximum Gasteiger partial charge on any atom is 0.390 e. The van der Waals surface area contributed by atoms with E-state index in [-0.39, 0.29) is 12.3 Å². The predicted molar refractivity (Wildman–Crippen MR) is 68.2 cm³/mol.